The van der Waals surface area contributed by atoms with Gasteiger partial charge in [0.1, 0.15) is 17.3 Å². The summed E-state index contributed by atoms with van der Waals surface area (Å²) in [5.74, 6) is 0.239. The molecule has 2 heterocycles. The second kappa shape index (κ2) is 11.0. The molecule has 188 valence electrons. The van der Waals surface area contributed by atoms with Crippen molar-refractivity contribution in [3.05, 3.63) is 83.3 Å². The molecule has 0 aliphatic carbocycles. The summed E-state index contributed by atoms with van der Waals surface area (Å²) in [4.78, 5) is 27.8. The molecule has 1 fully saturated rings. The molecule has 1 aliphatic rings. The lowest BCUT2D eigenvalue weighted by Gasteiger charge is -2.25. The van der Waals surface area contributed by atoms with Gasteiger partial charge in [-0.2, -0.15) is 0 Å². The number of hydrogen-bond donors (Lipinski definition) is 1. The first-order valence-corrected chi connectivity index (χ1v) is 11.7. The Labute approximate surface area is 209 Å². The highest BCUT2D eigenvalue weighted by atomic mass is 16.5. The van der Waals surface area contributed by atoms with Crippen LogP contribution in [0, 0.1) is 0 Å². The summed E-state index contributed by atoms with van der Waals surface area (Å²) < 4.78 is 22.1. The Balaban J connectivity index is 1.83. The predicted molar refractivity (Wildman–Crippen MR) is 133 cm³/mol. The fraction of sp³-hybridized carbons (Fsp3) is 0.286. The molecule has 36 heavy (non-hydrogen) atoms. The number of benzene rings is 2. The van der Waals surface area contributed by atoms with Crippen LogP contribution in [-0.2, 0) is 16.1 Å². The van der Waals surface area contributed by atoms with Crippen molar-refractivity contribution in [1.29, 1.82) is 0 Å². The summed E-state index contributed by atoms with van der Waals surface area (Å²) in [5.41, 5.74) is 0.924. The number of aliphatic hydroxyl groups is 1. The Bertz CT molecular complexity index is 1260. The quantitative estimate of drug-likeness (QED) is 0.182. The Morgan fingerprint density at radius 1 is 1.03 bits per heavy atom. The van der Waals surface area contributed by atoms with Crippen molar-refractivity contribution in [3.63, 3.8) is 0 Å². The number of aliphatic hydroxyl groups excluding tert-OH is 1. The summed E-state index contributed by atoms with van der Waals surface area (Å²) in [6.07, 6.45) is 3.39. The number of ketones is 1. The normalized spacial score (nSPS) is 16.9. The van der Waals surface area contributed by atoms with Gasteiger partial charge < -0.3 is 28.6 Å². The molecule has 8 heteroatoms. The van der Waals surface area contributed by atoms with Crippen molar-refractivity contribution in [2.45, 2.75) is 32.4 Å². The Hall–Kier alpha value is -4.20. The molecule has 1 atom stereocenters. The smallest absolute Gasteiger partial charge is 0.296 e. The Kier molecular flexibility index (Phi) is 7.63. The lowest BCUT2D eigenvalue weighted by Crippen LogP contribution is -2.29. The van der Waals surface area contributed by atoms with E-state index in [2.05, 4.69) is 6.92 Å². The van der Waals surface area contributed by atoms with Gasteiger partial charge in [-0.05, 0) is 48.4 Å². The van der Waals surface area contributed by atoms with Crippen molar-refractivity contribution in [2.24, 2.45) is 0 Å². The fourth-order valence-electron chi connectivity index (χ4n) is 4.19. The molecule has 0 bridgehead atoms. The van der Waals surface area contributed by atoms with Crippen LogP contribution in [0.5, 0.6) is 17.2 Å². The summed E-state index contributed by atoms with van der Waals surface area (Å²) in [6.45, 7) is 2.67. The molecule has 0 unspecified atom stereocenters. The molecule has 1 aliphatic heterocycles. The van der Waals surface area contributed by atoms with Crippen molar-refractivity contribution < 1.29 is 33.3 Å². The van der Waals surface area contributed by atoms with Gasteiger partial charge >= 0.3 is 0 Å². The number of carbonyl (C=O) groups is 2. The van der Waals surface area contributed by atoms with E-state index in [1.54, 1.807) is 54.6 Å². The number of ether oxygens (including phenoxy) is 3. The van der Waals surface area contributed by atoms with Crippen LogP contribution in [0.4, 0.5) is 0 Å². The maximum atomic E-state index is 13.3. The zero-order valence-corrected chi connectivity index (χ0v) is 20.5. The first-order chi connectivity index (χ1) is 17.5. The number of hydrogen-bond acceptors (Lipinski definition) is 7. The minimum absolute atomic E-state index is 0.0264. The van der Waals surface area contributed by atoms with Crippen LogP contribution in [0.25, 0.3) is 5.76 Å². The summed E-state index contributed by atoms with van der Waals surface area (Å²) in [6, 6.07) is 14.5. The summed E-state index contributed by atoms with van der Waals surface area (Å²) in [5, 5.41) is 11.3. The highest BCUT2D eigenvalue weighted by molar-refractivity contribution is 6.46. The van der Waals surface area contributed by atoms with Gasteiger partial charge in [-0.15, -0.1) is 0 Å². The van der Waals surface area contributed by atoms with Gasteiger partial charge in [-0.25, -0.2) is 0 Å². The van der Waals surface area contributed by atoms with Crippen molar-refractivity contribution in [3.8, 4) is 17.2 Å². The van der Waals surface area contributed by atoms with Crippen LogP contribution in [-0.4, -0.2) is 42.5 Å². The van der Waals surface area contributed by atoms with Crippen LogP contribution in [0.2, 0.25) is 0 Å². The number of Topliss-reactive ketones (excluding diaryl/α,β-unsaturated/α-hetero) is 1. The molecule has 2 aromatic carbocycles. The molecule has 1 saturated heterocycles. The molecular formula is C28H29NO7. The van der Waals surface area contributed by atoms with E-state index in [1.807, 2.05) is 0 Å². The lowest BCUT2D eigenvalue weighted by molar-refractivity contribution is -0.140. The minimum Gasteiger partial charge on any atom is -0.507 e. The van der Waals surface area contributed by atoms with E-state index < -0.39 is 17.7 Å². The van der Waals surface area contributed by atoms with E-state index in [0.29, 0.717) is 40.7 Å². The van der Waals surface area contributed by atoms with Gasteiger partial charge in [-0.1, -0.05) is 31.5 Å². The summed E-state index contributed by atoms with van der Waals surface area (Å²) >= 11 is 0. The van der Waals surface area contributed by atoms with Crippen molar-refractivity contribution >= 4 is 17.4 Å². The predicted octanol–water partition coefficient (Wildman–Crippen LogP) is 5.10. The van der Waals surface area contributed by atoms with Crippen LogP contribution in [0.3, 0.4) is 0 Å². The highest BCUT2D eigenvalue weighted by Crippen LogP contribution is 2.43. The van der Waals surface area contributed by atoms with E-state index in [4.69, 9.17) is 18.6 Å². The monoisotopic (exact) mass is 491 g/mol. The zero-order chi connectivity index (χ0) is 25.7. The van der Waals surface area contributed by atoms with Gasteiger partial charge in [-0.3, -0.25) is 9.59 Å². The molecule has 0 saturated carbocycles. The lowest BCUT2D eigenvalue weighted by atomic mass is 9.95. The van der Waals surface area contributed by atoms with Gasteiger partial charge in [0, 0.05) is 5.56 Å². The van der Waals surface area contributed by atoms with Gasteiger partial charge in [0.05, 0.1) is 45.2 Å². The maximum absolute atomic E-state index is 13.3. The standard InChI is InChI=1S/C28H29NO7/c1-4-5-13-36-22-12-11-18(16-23(22)34-3)25-24(26(30)19-8-6-9-20(15-19)33-2)27(31)28(32)29(25)17-21-10-7-14-35-21/h6-12,14-16,25,30H,4-5,13,17H2,1-3H3/t25-/m1/s1. The molecule has 8 nitrogen and oxygen atoms in total. The van der Waals surface area contributed by atoms with Gasteiger partial charge in [0.15, 0.2) is 11.5 Å². The third kappa shape index (κ3) is 4.93. The number of unbranched alkanes of at least 4 members (excludes halogenated alkanes) is 1. The number of amides is 1. The van der Waals surface area contributed by atoms with Crippen molar-refractivity contribution in [2.75, 3.05) is 20.8 Å². The second-order valence-corrected chi connectivity index (χ2v) is 8.35. The first-order valence-electron chi connectivity index (χ1n) is 11.7. The molecule has 1 N–H and O–H groups in total. The van der Waals surface area contributed by atoms with Crippen LogP contribution >= 0.6 is 0 Å². The molecule has 1 aromatic heterocycles. The van der Waals surface area contributed by atoms with Crippen LogP contribution in [0.1, 0.15) is 42.7 Å². The fourth-order valence-corrected chi connectivity index (χ4v) is 4.19. The second-order valence-electron chi connectivity index (χ2n) is 8.35. The molecule has 4 rings (SSSR count). The van der Waals surface area contributed by atoms with E-state index >= 15 is 0 Å². The van der Waals surface area contributed by atoms with E-state index in [9.17, 15) is 14.7 Å². The first kappa shape index (κ1) is 24.9. The average Bonchev–Trinajstić information content (AvgIpc) is 3.51. The van der Waals surface area contributed by atoms with Crippen LogP contribution < -0.4 is 14.2 Å². The zero-order valence-electron chi connectivity index (χ0n) is 20.5. The van der Waals surface area contributed by atoms with Gasteiger partial charge in [0.2, 0.25) is 0 Å². The number of likely N-dealkylation sites (tertiary alicyclic amines) is 1. The molecule has 1 amide bonds. The topological polar surface area (TPSA) is 98.4 Å². The van der Waals surface area contributed by atoms with E-state index in [-0.39, 0.29) is 17.9 Å². The SMILES string of the molecule is CCCCOc1ccc([C@@H]2C(=C(O)c3cccc(OC)c3)C(=O)C(=O)N2Cc2ccco2)cc1OC. The molecular weight excluding hydrogens is 462 g/mol. The molecule has 3 aromatic rings. The largest absolute Gasteiger partial charge is 0.507 e. The Morgan fingerprint density at radius 2 is 1.86 bits per heavy atom. The number of furan rings is 1. The third-order valence-electron chi connectivity index (χ3n) is 6.05. The number of nitrogens with zero attached hydrogens (tertiary/aromatic N) is 1. The number of rotatable bonds is 10. The third-order valence-corrected chi connectivity index (χ3v) is 6.05. The van der Waals surface area contributed by atoms with Crippen LogP contribution in [0.15, 0.2) is 70.9 Å². The van der Waals surface area contributed by atoms with E-state index in [1.165, 1.54) is 25.4 Å². The Morgan fingerprint density at radius 3 is 2.56 bits per heavy atom. The molecule has 0 spiro atoms. The molecule has 0 radical (unpaired) electrons. The average molecular weight is 492 g/mol. The number of carbonyl (C=O) groups excluding carboxylic acids is 2. The van der Waals surface area contributed by atoms with Gasteiger partial charge in [0.25, 0.3) is 11.7 Å². The number of methoxy groups -OCH3 is 2. The summed E-state index contributed by atoms with van der Waals surface area (Å²) in [7, 11) is 3.04. The van der Waals surface area contributed by atoms with E-state index in [0.717, 1.165) is 12.8 Å². The minimum atomic E-state index is -0.875. The maximum Gasteiger partial charge on any atom is 0.296 e. The van der Waals surface area contributed by atoms with Crippen molar-refractivity contribution in [1.82, 2.24) is 4.90 Å². The highest BCUT2D eigenvalue weighted by Gasteiger charge is 2.46.